The molecule has 2 heterocycles. The van der Waals surface area contributed by atoms with Gasteiger partial charge in [0.2, 0.25) is 0 Å². The average Bonchev–Trinajstić information content (AvgIpc) is 3.30. The number of anilines is 2. The number of nitrogens with one attached hydrogen (secondary N) is 1. The Morgan fingerprint density at radius 3 is 2.65 bits per heavy atom. The third-order valence-electron chi connectivity index (χ3n) is 4.02. The van der Waals surface area contributed by atoms with Crippen LogP contribution in [0.15, 0.2) is 6.07 Å². The second kappa shape index (κ2) is 5.95. The van der Waals surface area contributed by atoms with Gasteiger partial charge in [0.05, 0.1) is 6.10 Å². The molecule has 0 radical (unpaired) electrons. The Balaban J connectivity index is 1.79. The minimum absolute atomic E-state index is 0.145. The molecule has 2 aliphatic rings. The molecule has 1 saturated heterocycles. The van der Waals surface area contributed by atoms with Gasteiger partial charge >= 0.3 is 0 Å². The van der Waals surface area contributed by atoms with Crippen LogP contribution in [0.2, 0.25) is 0 Å². The monoisotopic (exact) mass is 276 g/mol. The molecule has 0 unspecified atom stereocenters. The molecular formula is C15H24N4O. The second-order valence-corrected chi connectivity index (χ2v) is 5.89. The van der Waals surface area contributed by atoms with E-state index in [2.05, 4.69) is 28.2 Å². The zero-order valence-corrected chi connectivity index (χ0v) is 12.2. The van der Waals surface area contributed by atoms with Crippen molar-refractivity contribution >= 4 is 11.6 Å². The van der Waals surface area contributed by atoms with Gasteiger partial charge in [-0.25, -0.2) is 9.97 Å². The minimum atomic E-state index is -0.145. The first-order valence-electron chi connectivity index (χ1n) is 7.82. The molecule has 3 rings (SSSR count). The highest BCUT2D eigenvalue weighted by molar-refractivity contribution is 5.50. The Morgan fingerprint density at radius 1 is 1.25 bits per heavy atom. The molecule has 0 atom stereocenters. The van der Waals surface area contributed by atoms with E-state index >= 15 is 0 Å². The number of hydrogen-bond donors (Lipinski definition) is 2. The minimum Gasteiger partial charge on any atom is -0.393 e. The molecule has 2 fully saturated rings. The van der Waals surface area contributed by atoms with E-state index in [4.69, 9.17) is 4.98 Å². The number of aliphatic hydroxyl groups excluding tert-OH is 1. The van der Waals surface area contributed by atoms with Gasteiger partial charge in [-0.05, 0) is 32.1 Å². The third-order valence-corrected chi connectivity index (χ3v) is 4.02. The lowest BCUT2D eigenvalue weighted by atomic mass is 10.1. The summed E-state index contributed by atoms with van der Waals surface area (Å²) in [6.45, 7) is 4.87. The van der Waals surface area contributed by atoms with Crippen molar-refractivity contribution in [1.82, 2.24) is 9.97 Å². The molecule has 20 heavy (non-hydrogen) atoms. The topological polar surface area (TPSA) is 61.3 Å². The van der Waals surface area contributed by atoms with Crippen LogP contribution in [0.25, 0.3) is 0 Å². The standard InChI is InChI=1S/C15H24N4O/c1-2-7-16-13-10-14(18-15(17-13)11-3-4-11)19-8-5-12(20)6-9-19/h10-12,20H,2-9H2,1H3,(H,16,17,18). The van der Waals surface area contributed by atoms with E-state index in [9.17, 15) is 5.11 Å². The maximum Gasteiger partial charge on any atom is 0.136 e. The van der Waals surface area contributed by atoms with Crippen molar-refractivity contribution in [2.45, 2.75) is 51.0 Å². The molecule has 110 valence electrons. The smallest absolute Gasteiger partial charge is 0.136 e. The summed E-state index contributed by atoms with van der Waals surface area (Å²) in [5.41, 5.74) is 0. The fourth-order valence-electron chi connectivity index (χ4n) is 2.58. The van der Waals surface area contributed by atoms with Gasteiger partial charge in [0, 0.05) is 31.6 Å². The summed E-state index contributed by atoms with van der Waals surface area (Å²) >= 11 is 0. The second-order valence-electron chi connectivity index (χ2n) is 5.89. The van der Waals surface area contributed by atoms with E-state index in [1.165, 1.54) is 12.8 Å². The van der Waals surface area contributed by atoms with E-state index in [1.54, 1.807) is 0 Å². The van der Waals surface area contributed by atoms with Gasteiger partial charge in [0.15, 0.2) is 0 Å². The Morgan fingerprint density at radius 2 is 2.00 bits per heavy atom. The molecule has 1 aliphatic heterocycles. The van der Waals surface area contributed by atoms with Gasteiger partial charge in [-0.15, -0.1) is 0 Å². The predicted molar refractivity (Wildman–Crippen MR) is 80.2 cm³/mol. The van der Waals surface area contributed by atoms with E-state index in [0.717, 1.165) is 56.4 Å². The fraction of sp³-hybridized carbons (Fsp3) is 0.733. The SMILES string of the molecule is CCCNc1cc(N2CCC(O)CC2)nc(C2CC2)n1. The van der Waals surface area contributed by atoms with Crippen molar-refractivity contribution in [2.24, 2.45) is 0 Å². The van der Waals surface area contributed by atoms with Crippen LogP contribution in [0.3, 0.4) is 0 Å². The number of hydrogen-bond acceptors (Lipinski definition) is 5. The van der Waals surface area contributed by atoms with Gasteiger partial charge in [-0.3, -0.25) is 0 Å². The number of aromatic nitrogens is 2. The van der Waals surface area contributed by atoms with Crippen molar-refractivity contribution < 1.29 is 5.11 Å². The molecule has 1 saturated carbocycles. The van der Waals surface area contributed by atoms with E-state index in [1.807, 2.05) is 0 Å². The molecule has 0 aromatic carbocycles. The molecule has 0 bridgehead atoms. The number of piperidine rings is 1. The van der Waals surface area contributed by atoms with Crippen molar-refractivity contribution in [3.63, 3.8) is 0 Å². The predicted octanol–water partition coefficient (Wildman–Crippen LogP) is 2.14. The van der Waals surface area contributed by atoms with Crippen LogP contribution in [0, 0.1) is 0 Å². The number of rotatable bonds is 5. The fourth-order valence-corrected chi connectivity index (χ4v) is 2.58. The van der Waals surface area contributed by atoms with Gasteiger partial charge in [0.25, 0.3) is 0 Å². The largest absolute Gasteiger partial charge is 0.393 e. The van der Waals surface area contributed by atoms with Crippen molar-refractivity contribution in [1.29, 1.82) is 0 Å². The van der Waals surface area contributed by atoms with Gasteiger partial charge < -0.3 is 15.3 Å². The van der Waals surface area contributed by atoms with E-state index < -0.39 is 0 Å². The highest BCUT2D eigenvalue weighted by Gasteiger charge is 2.28. The summed E-state index contributed by atoms with van der Waals surface area (Å²) in [6.07, 6.45) is 5.05. The molecular weight excluding hydrogens is 252 g/mol. The molecule has 1 aromatic heterocycles. The van der Waals surface area contributed by atoms with Gasteiger partial charge in [-0.2, -0.15) is 0 Å². The van der Waals surface area contributed by atoms with Crippen molar-refractivity contribution in [3.05, 3.63) is 11.9 Å². The zero-order chi connectivity index (χ0) is 13.9. The summed E-state index contributed by atoms with van der Waals surface area (Å²) < 4.78 is 0. The van der Waals surface area contributed by atoms with Gasteiger partial charge in [0.1, 0.15) is 17.5 Å². The molecule has 1 aromatic rings. The van der Waals surface area contributed by atoms with Crippen LogP contribution < -0.4 is 10.2 Å². The molecule has 0 amide bonds. The highest BCUT2D eigenvalue weighted by atomic mass is 16.3. The first-order chi connectivity index (χ1) is 9.76. The first-order valence-corrected chi connectivity index (χ1v) is 7.82. The summed E-state index contributed by atoms with van der Waals surface area (Å²) in [4.78, 5) is 11.7. The van der Waals surface area contributed by atoms with Crippen molar-refractivity contribution in [2.75, 3.05) is 29.9 Å². The third kappa shape index (κ3) is 3.20. The van der Waals surface area contributed by atoms with Crippen LogP contribution in [0.5, 0.6) is 0 Å². The van der Waals surface area contributed by atoms with Crippen LogP contribution in [-0.2, 0) is 0 Å². The Labute approximate surface area is 120 Å². The lowest BCUT2D eigenvalue weighted by Gasteiger charge is -2.30. The number of aliphatic hydroxyl groups is 1. The Kier molecular flexibility index (Phi) is 4.05. The lowest BCUT2D eigenvalue weighted by molar-refractivity contribution is 0.145. The van der Waals surface area contributed by atoms with Crippen LogP contribution in [-0.4, -0.2) is 40.8 Å². The normalized spacial score (nSPS) is 20.2. The summed E-state index contributed by atoms with van der Waals surface area (Å²) in [7, 11) is 0. The van der Waals surface area contributed by atoms with Crippen LogP contribution in [0.4, 0.5) is 11.6 Å². The van der Waals surface area contributed by atoms with E-state index in [0.29, 0.717) is 5.92 Å². The Bertz CT molecular complexity index is 453. The summed E-state index contributed by atoms with van der Waals surface area (Å²) in [5, 5.41) is 13.0. The lowest BCUT2D eigenvalue weighted by Crippen LogP contribution is -2.36. The maximum atomic E-state index is 9.63. The van der Waals surface area contributed by atoms with E-state index in [-0.39, 0.29) is 6.10 Å². The Hall–Kier alpha value is -1.36. The van der Waals surface area contributed by atoms with Crippen LogP contribution in [0.1, 0.15) is 50.8 Å². The van der Waals surface area contributed by atoms with Crippen molar-refractivity contribution in [3.8, 4) is 0 Å². The molecule has 5 nitrogen and oxygen atoms in total. The molecule has 0 spiro atoms. The summed E-state index contributed by atoms with van der Waals surface area (Å²) in [5.74, 6) is 3.53. The molecule has 5 heteroatoms. The first kappa shape index (κ1) is 13.6. The van der Waals surface area contributed by atoms with Gasteiger partial charge in [-0.1, -0.05) is 6.92 Å². The maximum absolute atomic E-state index is 9.63. The average molecular weight is 276 g/mol. The zero-order valence-electron chi connectivity index (χ0n) is 12.2. The highest BCUT2D eigenvalue weighted by Crippen LogP contribution is 2.39. The molecule has 1 aliphatic carbocycles. The number of nitrogens with zero attached hydrogens (tertiary/aromatic N) is 3. The molecule has 2 N–H and O–H groups in total. The van der Waals surface area contributed by atoms with Crippen LogP contribution >= 0.6 is 0 Å². The summed E-state index contributed by atoms with van der Waals surface area (Å²) in [6, 6.07) is 2.05. The quantitative estimate of drug-likeness (QED) is 0.862.